The molecule has 4 N–H and O–H groups in total. The minimum absolute atomic E-state index is 0.133. The van der Waals surface area contributed by atoms with Crippen LogP contribution in [0.3, 0.4) is 0 Å². The number of amides is 1. The normalized spacial score (nSPS) is 27.0. The van der Waals surface area contributed by atoms with Crippen molar-refractivity contribution in [2.24, 2.45) is 0 Å². The number of para-hydroxylation sites is 1. The van der Waals surface area contributed by atoms with E-state index in [4.69, 9.17) is 0 Å². The maximum absolute atomic E-state index is 12.1. The summed E-state index contributed by atoms with van der Waals surface area (Å²) in [5.41, 5.74) is 0.140. The maximum atomic E-state index is 12.1. The fraction of sp³-hybridized carbons (Fsp3) is 0.462. The number of hydrogen-bond acceptors (Lipinski definition) is 4. The number of aromatic hydroxyl groups is 1. The summed E-state index contributed by atoms with van der Waals surface area (Å²) in [7, 11) is 0. The molecule has 1 saturated carbocycles. The lowest BCUT2D eigenvalue weighted by atomic mass is 9.90. The lowest BCUT2D eigenvalue weighted by Crippen LogP contribution is -2.51. The molecule has 1 amide bonds. The molecule has 1 aliphatic rings. The largest absolute Gasteiger partial charge is 0.506 e. The first kappa shape index (κ1) is 14.3. The molecule has 6 heteroatoms. The fourth-order valence-corrected chi connectivity index (χ4v) is 2.63. The molecule has 0 heterocycles. The maximum Gasteiger partial charge on any atom is 0.255 e. The summed E-state index contributed by atoms with van der Waals surface area (Å²) in [5, 5.41) is 31.8. The zero-order valence-corrected chi connectivity index (χ0v) is 11.8. The first-order valence-corrected chi connectivity index (χ1v) is 6.94. The molecule has 19 heavy (non-hydrogen) atoms. The standard InChI is InChI=1S/C13H16BrNO4/c14-8-4-1-3-7(11(8)17)13(19)15-9-5-2-6-10(16)12(9)18/h1,3-4,9-10,12,16-18H,2,5-6H2,(H,15,19)/t9-,10-,12-/m1/s1. The number of halogens is 1. The van der Waals surface area contributed by atoms with Gasteiger partial charge >= 0.3 is 0 Å². The second-order valence-corrected chi connectivity index (χ2v) is 5.56. The Balaban J connectivity index is 2.10. The molecular weight excluding hydrogens is 314 g/mol. The summed E-state index contributed by atoms with van der Waals surface area (Å²) >= 11 is 3.14. The van der Waals surface area contributed by atoms with Gasteiger partial charge in [0.05, 0.1) is 28.3 Å². The van der Waals surface area contributed by atoms with E-state index in [1.54, 1.807) is 12.1 Å². The van der Waals surface area contributed by atoms with E-state index in [1.165, 1.54) is 6.07 Å². The molecular formula is C13H16BrNO4. The lowest BCUT2D eigenvalue weighted by molar-refractivity contribution is -0.0278. The number of aliphatic hydroxyl groups is 2. The van der Waals surface area contributed by atoms with Gasteiger partial charge in [0.25, 0.3) is 5.91 Å². The van der Waals surface area contributed by atoms with Gasteiger partial charge in [0, 0.05) is 0 Å². The SMILES string of the molecule is O=C(N[C@@H]1CCC[C@@H](O)[C@@H]1O)c1cccc(Br)c1O. The Morgan fingerprint density at radius 1 is 1.32 bits per heavy atom. The first-order valence-electron chi connectivity index (χ1n) is 6.15. The van der Waals surface area contributed by atoms with Gasteiger partial charge in [-0.25, -0.2) is 0 Å². The van der Waals surface area contributed by atoms with Crippen LogP contribution < -0.4 is 5.32 Å². The van der Waals surface area contributed by atoms with E-state index >= 15 is 0 Å². The molecule has 5 nitrogen and oxygen atoms in total. The van der Waals surface area contributed by atoms with E-state index in [0.29, 0.717) is 17.3 Å². The van der Waals surface area contributed by atoms with Crippen molar-refractivity contribution in [2.75, 3.05) is 0 Å². The van der Waals surface area contributed by atoms with Gasteiger partial charge in [-0.15, -0.1) is 0 Å². The van der Waals surface area contributed by atoms with Crippen LogP contribution in [0.25, 0.3) is 0 Å². The molecule has 0 spiro atoms. The molecule has 1 aromatic carbocycles. The number of nitrogens with one attached hydrogen (secondary N) is 1. The number of rotatable bonds is 2. The molecule has 3 atom stereocenters. The van der Waals surface area contributed by atoms with Crippen LogP contribution in [0.5, 0.6) is 5.75 Å². The monoisotopic (exact) mass is 329 g/mol. The Hall–Kier alpha value is -1.11. The van der Waals surface area contributed by atoms with E-state index in [0.717, 1.165) is 6.42 Å². The fourth-order valence-electron chi connectivity index (χ4n) is 2.26. The Labute approximate surface area is 119 Å². The third-order valence-corrected chi connectivity index (χ3v) is 4.01. The van der Waals surface area contributed by atoms with Crippen molar-refractivity contribution in [3.63, 3.8) is 0 Å². The smallest absolute Gasteiger partial charge is 0.255 e. The number of aliphatic hydroxyl groups excluding tert-OH is 2. The Morgan fingerprint density at radius 3 is 2.79 bits per heavy atom. The highest BCUT2D eigenvalue weighted by molar-refractivity contribution is 9.10. The molecule has 0 aromatic heterocycles. The highest BCUT2D eigenvalue weighted by Crippen LogP contribution is 2.28. The molecule has 0 saturated heterocycles. The van der Waals surface area contributed by atoms with E-state index in [2.05, 4.69) is 21.2 Å². The zero-order valence-electron chi connectivity index (χ0n) is 10.2. The third-order valence-electron chi connectivity index (χ3n) is 3.37. The minimum Gasteiger partial charge on any atom is -0.506 e. The summed E-state index contributed by atoms with van der Waals surface area (Å²) in [6, 6.07) is 4.28. The summed E-state index contributed by atoms with van der Waals surface area (Å²) < 4.78 is 0.435. The molecule has 0 bridgehead atoms. The van der Waals surface area contributed by atoms with Gasteiger partial charge in [0.1, 0.15) is 5.75 Å². The van der Waals surface area contributed by atoms with Crippen molar-refractivity contribution >= 4 is 21.8 Å². The minimum atomic E-state index is -0.966. The number of phenols is 1. The second-order valence-electron chi connectivity index (χ2n) is 4.70. The molecule has 104 valence electrons. The predicted octanol–water partition coefficient (Wildman–Crippen LogP) is 1.16. The van der Waals surface area contributed by atoms with Crippen LogP contribution in [0, 0.1) is 0 Å². The molecule has 1 aliphatic carbocycles. The zero-order chi connectivity index (χ0) is 14.0. The lowest BCUT2D eigenvalue weighted by Gasteiger charge is -2.32. The van der Waals surface area contributed by atoms with Gasteiger partial charge in [-0.1, -0.05) is 6.07 Å². The topological polar surface area (TPSA) is 89.8 Å². The molecule has 0 radical (unpaired) electrons. The quantitative estimate of drug-likeness (QED) is 0.655. The van der Waals surface area contributed by atoms with Gasteiger partial charge < -0.3 is 20.6 Å². The highest BCUT2D eigenvalue weighted by atomic mass is 79.9. The van der Waals surface area contributed by atoms with Crippen molar-refractivity contribution in [1.29, 1.82) is 0 Å². The second kappa shape index (κ2) is 5.90. The van der Waals surface area contributed by atoms with E-state index < -0.39 is 24.2 Å². The number of phenolic OH excluding ortho intramolecular Hbond substituents is 1. The van der Waals surface area contributed by atoms with Crippen molar-refractivity contribution in [1.82, 2.24) is 5.32 Å². The summed E-state index contributed by atoms with van der Waals surface area (Å²) in [6.07, 6.45) is 0.115. The highest BCUT2D eigenvalue weighted by Gasteiger charge is 2.32. The van der Waals surface area contributed by atoms with Crippen LogP contribution in [-0.4, -0.2) is 39.5 Å². The van der Waals surface area contributed by atoms with Crippen molar-refractivity contribution in [3.8, 4) is 5.75 Å². The number of benzene rings is 1. The third kappa shape index (κ3) is 3.08. The average molecular weight is 330 g/mol. The Kier molecular flexibility index (Phi) is 4.44. The summed E-state index contributed by atoms with van der Waals surface area (Å²) in [5.74, 6) is -0.595. The summed E-state index contributed by atoms with van der Waals surface area (Å²) in [4.78, 5) is 12.1. The van der Waals surface area contributed by atoms with Crippen LogP contribution in [-0.2, 0) is 0 Å². The van der Waals surface area contributed by atoms with Crippen molar-refractivity contribution < 1.29 is 20.1 Å². The van der Waals surface area contributed by atoms with Crippen LogP contribution >= 0.6 is 15.9 Å². The van der Waals surface area contributed by atoms with Gasteiger partial charge in [0.2, 0.25) is 0 Å². The predicted molar refractivity (Wildman–Crippen MR) is 72.9 cm³/mol. The van der Waals surface area contributed by atoms with Crippen LogP contribution in [0.2, 0.25) is 0 Å². The number of carbonyl (C=O) groups is 1. The molecule has 1 fully saturated rings. The molecule has 1 aromatic rings. The van der Waals surface area contributed by atoms with Crippen molar-refractivity contribution in [3.05, 3.63) is 28.2 Å². The van der Waals surface area contributed by atoms with Gasteiger partial charge in [-0.2, -0.15) is 0 Å². The molecule has 2 rings (SSSR count). The van der Waals surface area contributed by atoms with Crippen molar-refractivity contribution in [2.45, 2.75) is 37.5 Å². The van der Waals surface area contributed by atoms with Gasteiger partial charge in [0.15, 0.2) is 0 Å². The number of carbonyl (C=O) groups excluding carboxylic acids is 1. The van der Waals surface area contributed by atoms with E-state index in [-0.39, 0.29) is 11.3 Å². The van der Waals surface area contributed by atoms with Crippen LogP contribution in [0.1, 0.15) is 29.6 Å². The Morgan fingerprint density at radius 2 is 2.05 bits per heavy atom. The average Bonchev–Trinajstić information content (AvgIpc) is 2.38. The van der Waals surface area contributed by atoms with E-state index in [9.17, 15) is 20.1 Å². The van der Waals surface area contributed by atoms with E-state index in [1.807, 2.05) is 0 Å². The van der Waals surface area contributed by atoms with Gasteiger partial charge in [-0.3, -0.25) is 4.79 Å². The van der Waals surface area contributed by atoms with Crippen LogP contribution in [0.4, 0.5) is 0 Å². The molecule has 0 aliphatic heterocycles. The van der Waals surface area contributed by atoms with Crippen LogP contribution in [0.15, 0.2) is 22.7 Å². The first-order chi connectivity index (χ1) is 9.00. The Bertz CT molecular complexity index is 480. The molecule has 0 unspecified atom stereocenters. The number of hydrogen-bond donors (Lipinski definition) is 4. The summed E-state index contributed by atoms with van der Waals surface area (Å²) in [6.45, 7) is 0. The van der Waals surface area contributed by atoms with Gasteiger partial charge in [-0.05, 0) is 47.3 Å².